The van der Waals surface area contributed by atoms with E-state index in [9.17, 15) is 14.7 Å². The van der Waals surface area contributed by atoms with Crippen LogP contribution in [-0.2, 0) is 14.3 Å². The molecule has 1 fully saturated rings. The van der Waals surface area contributed by atoms with E-state index in [0.717, 1.165) is 25.7 Å². The van der Waals surface area contributed by atoms with Crippen molar-refractivity contribution in [2.24, 2.45) is 11.8 Å². The van der Waals surface area contributed by atoms with Gasteiger partial charge in [0.1, 0.15) is 0 Å². The summed E-state index contributed by atoms with van der Waals surface area (Å²) in [7, 11) is 0. The van der Waals surface area contributed by atoms with E-state index in [1.54, 1.807) is 0 Å². The quantitative estimate of drug-likeness (QED) is 0.159. The minimum Gasteiger partial charge on any atom is -0.481 e. The Kier molecular flexibility index (Phi) is 15.5. The van der Waals surface area contributed by atoms with E-state index in [0.29, 0.717) is 19.4 Å². The molecule has 0 saturated heterocycles. The monoisotopic (exact) mass is 408 g/mol. The zero-order valence-corrected chi connectivity index (χ0v) is 18.7. The molecule has 168 valence electrons. The topological polar surface area (TPSA) is 63.6 Å². The van der Waals surface area contributed by atoms with Crippen LogP contribution in [0.15, 0.2) is 12.2 Å². The van der Waals surface area contributed by atoms with Crippen LogP contribution in [0.2, 0.25) is 0 Å². The normalized spacial score (nSPS) is 19.5. The third-order valence-corrected chi connectivity index (χ3v) is 6.04. The molecular formula is C25H44O4. The van der Waals surface area contributed by atoms with Crippen molar-refractivity contribution >= 4 is 11.9 Å². The van der Waals surface area contributed by atoms with Gasteiger partial charge in [-0.05, 0) is 44.9 Å². The van der Waals surface area contributed by atoms with Gasteiger partial charge in [-0.3, -0.25) is 9.59 Å². The average Bonchev–Trinajstić information content (AvgIpc) is 2.73. The molecule has 1 rings (SSSR count). The SMILES string of the molecule is CCCCCCCC/C=C/CCCCCCCOC(=O)C1CCCCC1C(=O)O. The van der Waals surface area contributed by atoms with Gasteiger partial charge < -0.3 is 9.84 Å². The molecule has 4 nitrogen and oxygen atoms in total. The van der Waals surface area contributed by atoms with Gasteiger partial charge in [0.15, 0.2) is 0 Å². The van der Waals surface area contributed by atoms with Crippen molar-refractivity contribution in [3.63, 3.8) is 0 Å². The minimum absolute atomic E-state index is 0.299. The molecular weight excluding hydrogens is 364 g/mol. The highest BCUT2D eigenvalue weighted by Gasteiger charge is 2.36. The molecule has 2 unspecified atom stereocenters. The molecule has 0 heterocycles. The van der Waals surface area contributed by atoms with Gasteiger partial charge in [-0.15, -0.1) is 0 Å². The van der Waals surface area contributed by atoms with Crippen molar-refractivity contribution < 1.29 is 19.4 Å². The highest BCUT2D eigenvalue weighted by atomic mass is 16.5. The third kappa shape index (κ3) is 12.8. The Morgan fingerprint density at radius 1 is 0.793 bits per heavy atom. The standard InChI is InChI=1S/C25H44O4/c1-2-3-4-5-6-7-8-9-10-11-12-13-14-15-18-21-29-25(28)23-20-17-16-19-22(23)24(26)27/h9-10,22-23H,2-8,11-21H2,1H3,(H,26,27)/b10-9+. The summed E-state index contributed by atoms with van der Waals surface area (Å²) >= 11 is 0. The van der Waals surface area contributed by atoms with Crippen molar-refractivity contribution in [3.05, 3.63) is 12.2 Å². The Morgan fingerprint density at radius 2 is 1.31 bits per heavy atom. The van der Waals surface area contributed by atoms with E-state index in [1.807, 2.05) is 0 Å². The van der Waals surface area contributed by atoms with Crippen LogP contribution in [0.3, 0.4) is 0 Å². The minimum atomic E-state index is -0.854. The second-order valence-electron chi connectivity index (χ2n) is 8.59. The molecule has 1 N–H and O–H groups in total. The molecule has 0 aromatic rings. The van der Waals surface area contributed by atoms with Crippen LogP contribution in [0.1, 0.15) is 116 Å². The van der Waals surface area contributed by atoms with E-state index < -0.39 is 17.8 Å². The summed E-state index contributed by atoms with van der Waals surface area (Å²) in [6.07, 6.45) is 23.9. The molecule has 1 aliphatic rings. The van der Waals surface area contributed by atoms with Gasteiger partial charge in [0.05, 0.1) is 18.4 Å². The number of ether oxygens (including phenoxy) is 1. The lowest BCUT2D eigenvalue weighted by Gasteiger charge is -2.26. The Hall–Kier alpha value is -1.32. The molecule has 29 heavy (non-hydrogen) atoms. The van der Waals surface area contributed by atoms with E-state index in [4.69, 9.17) is 4.74 Å². The fraction of sp³-hybridized carbons (Fsp3) is 0.840. The summed E-state index contributed by atoms with van der Waals surface area (Å²) < 4.78 is 5.36. The lowest BCUT2D eigenvalue weighted by Crippen LogP contribution is -2.33. The molecule has 1 saturated carbocycles. The van der Waals surface area contributed by atoms with Gasteiger partial charge in [-0.25, -0.2) is 0 Å². The van der Waals surface area contributed by atoms with Crippen molar-refractivity contribution in [2.45, 2.75) is 116 Å². The fourth-order valence-electron chi connectivity index (χ4n) is 4.16. The fourth-order valence-corrected chi connectivity index (χ4v) is 4.16. The van der Waals surface area contributed by atoms with E-state index in [-0.39, 0.29) is 5.97 Å². The number of aliphatic carboxylic acids is 1. The highest BCUT2D eigenvalue weighted by Crippen LogP contribution is 2.31. The zero-order chi connectivity index (χ0) is 21.2. The first-order chi connectivity index (χ1) is 14.2. The van der Waals surface area contributed by atoms with Crippen LogP contribution in [0.4, 0.5) is 0 Å². The van der Waals surface area contributed by atoms with Gasteiger partial charge in [0.25, 0.3) is 0 Å². The second kappa shape index (κ2) is 17.5. The molecule has 0 aromatic heterocycles. The molecule has 0 spiro atoms. The van der Waals surface area contributed by atoms with Gasteiger partial charge in [0.2, 0.25) is 0 Å². The number of rotatable bonds is 17. The average molecular weight is 409 g/mol. The molecule has 0 aliphatic heterocycles. The van der Waals surface area contributed by atoms with E-state index in [2.05, 4.69) is 19.1 Å². The van der Waals surface area contributed by atoms with Gasteiger partial charge in [-0.1, -0.05) is 83.3 Å². The van der Waals surface area contributed by atoms with E-state index in [1.165, 1.54) is 70.6 Å². The summed E-state index contributed by atoms with van der Waals surface area (Å²) in [5.74, 6) is -2.14. The Balaban J connectivity index is 1.91. The smallest absolute Gasteiger partial charge is 0.309 e. The number of allylic oxidation sites excluding steroid dienone is 2. The summed E-state index contributed by atoms with van der Waals surface area (Å²) in [4.78, 5) is 23.4. The van der Waals surface area contributed by atoms with Crippen LogP contribution in [0.25, 0.3) is 0 Å². The van der Waals surface area contributed by atoms with Crippen LogP contribution in [-0.4, -0.2) is 23.7 Å². The number of hydrogen-bond acceptors (Lipinski definition) is 3. The second-order valence-corrected chi connectivity index (χ2v) is 8.59. The van der Waals surface area contributed by atoms with Crippen LogP contribution in [0, 0.1) is 11.8 Å². The predicted octanol–water partition coefficient (Wildman–Crippen LogP) is 7.07. The maximum Gasteiger partial charge on any atom is 0.309 e. The number of unbranched alkanes of at least 4 members (excludes halogenated alkanes) is 11. The molecule has 0 aromatic carbocycles. The van der Waals surface area contributed by atoms with Crippen molar-refractivity contribution in [3.8, 4) is 0 Å². The first-order valence-corrected chi connectivity index (χ1v) is 12.2. The van der Waals surface area contributed by atoms with Crippen molar-refractivity contribution in [1.82, 2.24) is 0 Å². The number of esters is 1. The Labute approximate surface area is 178 Å². The predicted molar refractivity (Wildman–Crippen MR) is 119 cm³/mol. The molecule has 0 bridgehead atoms. The number of carboxylic acid groups (broad SMARTS) is 1. The summed E-state index contributed by atoms with van der Waals surface area (Å²) in [6.45, 7) is 2.69. The third-order valence-electron chi connectivity index (χ3n) is 6.04. The number of carboxylic acids is 1. The zero-order valence-electron chi connectivity index (χ0n) is 18.7. The maximum atomic E-state index is 12.2. The van der Waals surface area contributed by atoms with Crippen LogP contribution >= 0.6 is 0 Å². The van der Waals surface area contributed by atoms with Crippen LogP contribution < -0.4 is 0 Å². The molecule has 2 atom stereocenters. The first kappa shape index (κ1) is 25.7. The van der Waals surface area contributed by atoms with Gasteiger partial charge >= 0.3 is 11.9 Å². The largest absolute Gasteiger partial charge is 0.481 e. The van der Waals surface area contributed by atoms with Crippen molar-refractivity contribution in [2.75, 3.05) is 6.61 Å². The molecule has 0 radical (unpaired) electrons. The van der Waals surface area contributed by atoms with Gasteiger partial charge in [-0.2, -0.15) is 0 Å². The maximum absolute atomic E-state index is 12.2. The molecule has 1 aliphatic carbocycles. The lowest BCUT2D eigenvalue weighted by molar-refractivity contribution is -0.159. The van der Waals surface area contributed by atoms with Crippen molar-refractivity contribution in [1.29, 1.82) is 0 Å². The lowest BCUT2D eigenvalue weighted by atomic mass is 9.79. The molecule has 0 amide bonds. The van der Waals surface area contributed by atoms with E-state index >= 15 is 0 Å². The number of hydrogen-bond donors (Lipinski definition) is 1. The Bertz CT molecular complexity index is 458. The summed E-state index contributed by atoms with van der Waals surface area (Å²) in [6, 6.07) is 0. The molecule has 4 heteroatoms. The first-order valence-electron chi connectivity index (χ1n) is 12.2. The summed E-state index contributed by atoms with van der Waals surface area (Å²) in [5.41, 5.74) is 0. The number of carbonyl (C=O) groups excluding carboxylic acids is 1. The summed E-state index contributed by atoms with van der Waals surface area (Å²) in [5, 5.41) is 9.26. The number of carbonyl (C=O) groups is 2. The van der Waals surface area contributed by atoms with Crippen LogP contribution in [0.5, 0.6) is 0 Å². The van der Waals surface area contributed by atoms with Gasteiger partial charge in [0, 0.05) is 0 Å². The Morgan fingerprint density at radius 3 is 1.90 bits per heavy atom. The highest BCUT2D eigenvalue weighted by molar-refractivity contribution is 5.81.